The summed E-state index contributed by atoms with van der Waals surface area (Å²) in [5.41, 5.74) is 2.86. The van der Waals surface area contributed by atoms with Gasteiger partial charge in [0.2, 0.25) is 5.78 Å². The van der Waals surface area contributed by atoms with Crippen LogP contribution in [0.4, 0.5) is 0 Å². The average Bonchev–Trinajstić information content (AvgIpc) is 2.62. The Kier molecular flexibility index (Phi) is 5.91. The van der Waals surface area contributed by atoms with Crippen LogP contribution in [0.2, 0.25) is 0 Å². The number of hydrogen-bond donors (Lipinski definition) is 0. The zero-order chi connectivity index (χ0) is 18.4. The van der Waals surface area contributed by atoms with Crippen LogP contribution in [0, 0.1) is 25.2 Å². The average molecular weight is 337 g/mol. The molecular weight excluding hydrogens is 318 g/mol. The second-order valence-corrected chi connectivity index (χ2v) is 5.75. The number of nitriles is 1. The normalized spacial score (nSPS) is 11.3. The lowest BCUT2D eigenvalue weighted by atomic mass is 10.0. The molecule has 0 amide bonds. The predicted octanol–water partition coefficient (Wildman–Crippen LogP) is 3.37. The number of carbonyl (C=O) groups excluding carboxylic acids is 2. The van der Waals surface area contributed by atoms with Crippen molar-refractivity contribution in [2.24, 2.45) is 0 Å². The minimum atomic E-state index is -0.862. The lowest BCUT2D eigenvalue weighted by Crippen LogP contribution is -2.28. The number of ketones is 1. The Bertz CT molecular complexity index is 819. The first-order valence-electron chi connectivity index (χ1n) is 7.84. The van der Waals surface area contributed by atoms with Gasteiger partial charge in [-0.05, 0) is 56.7 Å². The van der Waals surface area contributed by atoms with Crippen LogP contribution in [0.15, 0.2) is 42.5 Å². The van der Waals surface area contributed by atoms with Crippen LogP contribution in [-0.4, -0.2) is 24.5 Å². The molecule has 0 saturated heterocycles. The fraction of sp³-hybridized carbons (Fsp3) is 0.250. The second-order valence-electron chi connectivity index (χ2n) is 5.75. The van der Waals surface area contributed by atoms with E-state index in [-0.39, 0.29) is 12.4 Å². The molecule has 0 bridgehead atoms. The number of rotatable bonds is 6. The first-order chi connectivity index (χ1) is 11.9. The SMILES string of the molecule is Cc1ccc(C)c(C(=O)COC(=O)[C@@H](C)Oc2ccc(C#N)cc2)c1. The van der Waals surface area contributed by atoms with Crippen LogP contribution in [0.25, 0.3) is 0 Å². The quantitative estimate of drug-likeness (QED) is 0.597. The molecule has 5 nitrogen and oxygen atoms in total. The first-order valence-corrected chi connectivity index (χ1v) is 7.84. The van der Waals surface area contributed by atoms with Gasteiger partial charge in [0, 0.05) is 5.56 Å². The van der Waals surface area contributed by atoms with E-state index in [1.165, 1.54) is 0 Å². The molecule has 128 valence electrons. The smallest absolute Gasteiger partial charge is 0.347 e. The number of benzene rings is 2. The Morgan fingerprint density at radius 3 is 2.44 bits per heavy atom. The third-order valence-electron chi connectivity index (χ3n) is 3.67. The van der Waals surface area contributed by atoms with Crippen LogP contribution in [0.3, 0.4) is 0 Å². The molecular formula is C20H19NO4. The van der Waals surface area contributed by atoms with Crippen molar-refractivity contribution in [2.75, 3.05) is 6.61 Å². The molecule has 0 N–H and O–H groups in total. The molecule has 0 aliphatic rings. The van der Waals surface area contributed by atoms with Gasteiger partial charge in [-0.15, -0.1) is 0 Å². The van der Waals surface area contributed by atoms with Crippen LogP contribution < -0.4 is 4.74 Å². The lowest BCUT2D eigenvalue weighted by molar-refractivity contribution is -0.149. The van der Waals surface area contributed by atoms with E-state index in [2.05, 4.69) is 0 Å². The molecule has 2 aromatic rings. The van der Waals surface area contributed by atoms with Crippen LogP contribution in [0.1, 0.15) is 34.0 Å². The molecule has 2 aromatic carbocycles. The van der Waals surface area contributed by atoms with E-state index in [0.717, 1.165) is 11.1 Å². The number of aryl methyl sites for hydroxylation is 2. The Labute approximate surface area is 146 Å². The van der Waals surface area contributed by atoms with Crippen LogP contribution in [0.5, 0.6) is 5.75 Å². The lowest BCUT2D eigenvalue weighted by Gasteiger charge is -2.14. The largest absolute Gasteiger partial charge is 0.479 e. The molecule has 1 atom stereocenters. The zero-order valence-corrected chi connectivity index (χ0v) is 14.4. The highest BCUT2D eigenvalue weighted by atomic mass is 16.6. The van der Waals surface area contributed by atoms with E-state index in [4.69, 9.17) is 14.7 Å². The van der Waals surface area contributed by atoms with Gasteiger partial charge >= 0.3 is 5.97 Å². The maximum atomic E-state index is 12.2. The maximum absolute atomic E-state index is 12.2. The van der Waals surface area contributed by atoms with Gasteiger partial charge in [-0.1, -0.05) is 17.7 Å². The minimum absolute atomic E-state index is 0.250. The monoisotopic (exact) mass is 337 g/mol. The summed E-state index contributed by atoms with van der Waals surface area (Å²) in [7, 11) is 0. The van der Waals surface area contributed by atoms with Crippen molar-refractivity contribution in [1.29, 1.82) is 5.26 Å². The van der Waals surface area contributed by atoms with Crippen molar-refractivity contribution in [2.45, 2.75) is 26.9 Å². The summed E-state index contributed by atoms with van der Waals surface area (Å²) < 4.78 is 10.5. The van der Waals surface area contributed by atoms with Crippen molar-refractivity contribution in [3.63, 3.8) is 0 Å². The van der Waals surface area contributed by atoms with Crippen molar-refractivity contribution >= 4 is 11.8 Å². The van der Waals surface area contributed by atoms with Gasteiger partial charge in [-0.25, -0.2) is 4.79 Å². The fourth-order valence-corrected chi connectivity index (χ4v) is 2.23. The molecule has 5 heteroatoms. The summed E-state index contributed by atoms with van der Waals surface area (Å²) >= 11 is 0. The molecule has 0 aromatic heterocycles. The third-order valence-corrected chi connectivity index (χ3v) is 3.67. The molecule has 0 heterocycles. The highest BCUT2D eigenvalue weighted by Gasteiger charge is 2.19. The summed E-state index contributed by atoms with van der Waals surface area (Å²) in [6.07, 6.45) is -0.862. The molecule has 0 aliphatic heterocycles. The van der Waals surface area contributed by atoms with Gasteiger partial charge in [0.1, 0.15) is 5.75 Å². The minimum Gasteiger partial charge on any atom is -0.479 e. The number of Topliss-reactive ketones (excluding diaryl/α,β-unsaturated/α-hetero) is 1. The topological polar surface area (TPSA) is 76.4 Å². The number of nitrogens with zero attached hydrogens (tertiary/aromatic N) is 1. The third kappa shape index (κ3) is 4.92. The summed E-state index contributed by atoms with van der Waals surface area (Å²) in [5.74, 6) is -0.424. The highest BCUT2D eigenvalue weighted by molar-refractivity contribution is 5.99. The summed E-state index contributed by atoms with van der Waals surface area (Å²) in [6, 6.07) is 14.0. The van der Waals surface area contributed by atoms with E-state index < -0.39 is 12.1 Å². The van der Waals surface area contributed by atoms with Gasteiger partial charge in [-0.2, -0.15) is 5.26 Å². The Morgan fingerprint density at radius 1 is 1.12 bits per heavy atom. The predicted molar refractivity (Wildman–Crippen MR) is 92.5 cm³/mol. The number of carbonyl (C=O) groups is 2. The highest BCUT2D eigenvalue weighted by Crippen LogP contribution is 2.15. The Balaban J connectivity index is 1.91. The maximum Gasteiger partial charge on any atom is 0.347 e. The Morgan fingerprint density at radius 2 is 1.80 bits per heavy atom. The van der Waals surface area contributed by atoms with Gasteiger partial charge < -0.3 is 9.47 Å². The first kappa shape index (κ1) is 18.2. The fourth-order valence-electron chi connectivity index (χ4n) is 2.23. The molecule has 2 rings (SSSR count). The van der Waals surface area contributed by atoms with Crippen molar-refractivity contribution in [3.8, 4) is 11.8 Å². The van der Waals surface area contributed by atoms with Gasteiger partial charge in [0.25, 0.3) is 0 Å². The van der Waals surface area contributed by atoms with E-state index in [1.807, 2.05) is 32.0 Å². The van der Waals surface area contributed by atoms with Gasteiger partial charge in [0.05, 0.1) is 11.6 Å². The molecule has 25 heavy (non-hydrogen) atoms. The van der Waals surface area contributed by atoms with E-state index >= 15 is 0 Å². The number of hydrogen-bond acceptors (Lipinski definition) is 5. The number of esters is 1. The van der Waals surface area contributed by atoms with Gasteiger partial charge in [0.15, 0.2) is 12.7 Å². The Hall–Kier alpha value is -3.13. The van der Waals surface area contributed by atoms with E-state index in [9.17, 15) is 9.59 Å². The molecule has 0 saturated carbocycles. The molecule has 0 fully saturated rings. The summed E-state index contributed by atoms with van der Waals surface area (Å²) in [5, 5.41) is 8.75. The van der Waals surface area contributed by atoms with Gasteiger partial charge in [-0.3, -0.25) is 4.79 Å². The summed E-state index contributed by atoms with van der Waals surface area (Å²) in [6.45, 7) is 4.95. The number of ether oxygens (including phenoxy) is 2. The standard InChI is InChI=1S/C20H19NO4/c1-13-4-5-14(2)18(10-13)19(22)12-24-20(23)15(3)25-17-8-6-16(11-21)7-9-17/h4-10,15H,12H2,1-3H3/t15-/m1/s1. The van der Waals surface area contributed by atoms with Crippen LogP contribution in [-0.2, 0) is 9.53 Å². The summed E-state index contributed by atoms with van der Waals surface area (Å²) in [4.78, 5) is 24.2. The van der Waals surface area contributed by atoms with Crippen molar-refractivity contribution in [3.05, 3.63) is 64.7 Å². The van der Waals surface area contributed by atoms with E-state index in [1.54, 1.807) is 37.3 Å². The zero-order valence-electron chi connectivity index (χ0n) is 14.4. The van der Waals surface area contributed by atoms with E-state index in [0.29, 0.717) is 16.9 Å². The molecule has 0 aliphatic carbocycles. The van der Waals surface area contributed by atoms with Crippen molar-refractivity contribution in [1.82, 2.24) is 0 Å². The molecule has 0 spiro atoms. The second kappa shape index (κ2) is 8.11. The molecule has 0 unspecified atom stereocenters. The molecule has 0 radical (unpaired) electrons. The van der Waals surface area contributed by atoms with Crippen LogP contribution >= 0.6 is 0 Å². The van der Waals surface area contributed by atoms with Crippen molar-refractivity contribution < 1.29 is 19.1 Å².